The highest BCUT2D eigenvalue weighted by molar-refractivity contribution is 6.12. The van der Waals surface area contributed by atoms with E-state index in [1.54, 1.807) is 0 Å². The van der Waals surface area contributed by atoms with E-state index in [0.29, 0.717) is 22.7 Å². The van der Waals surface area contributed by atoms with Crippen LogP contribution in [0.2, 0.25) is 0 Å². The number of hydrogen-bond donors (Lipinski definition) is 0. The monoisotopic (exact) mass is 400 g/mol. The Morgan fingerprint density at radius 2 is 1.73 bits per heavy atom. The Balaban J connectivity index is 3.44. The molecule has 1 heterocycles. The van der Waals surface area contributed by atoms with Gasteiger partial charge in [0.05, 0.1) is 11.4 Å². The van der Waals surface area contributed by atoms with Gasteiger partial charge >= 0.3 is 0 Å². The van der Waals surface area contributed by atoms with Gasteiger partial charge in [-0.3, -0.25) is 0 Å². The molecule has 0 aromatic heterocycles. The van der Waals surface area contributed by atoms with Crippen molar-refractivity contribution in [1.29, 1.82) is 0 Å². The maximum absolute atomic E-state index is 5.81. The number of nitrogens with zero attached hydrogens (tertiary/aromatic N) is 2. The van der Waals surface area contributed by atoms with E-state index < -0.39 is 0 Å². The van der Waals surface area contributed by atoms with Crippen LogP contribution in [-0.2, 0) is 4.74 Å². The molecule has 156 valence electrons. The van der Waals surface area contributed by atoms with E-state index in [1.807, 2.05) is 75.5 Å². The van der Waals surface area contributed by atoms with Gasteiger partial charge in [0.15, 0.2) is 0 Å². The number of allylic oxidation sites excluding steroid dienone is 13. The second-order valence-electron chi connectivity index (χ2n) is 6.56. The second kappa shape index (κ2) is 13.7. The van der Waals surface area contributed by atoms with Crippen molar-refractivity contribution in [2.45, 2.75) is 33.6 Å². The normalized spacial score (nSPS) is 22.4. The first-order chi connectivity index (χ1) is 14.4. The van der Waals surface area contributed by atoms with Gasteiger partial charge in [-0.05, 0) is 70.1 Å². The van der Waals surface area contributed by atoms with Crippen molar-refractivity contribution in [3.63, 3.8) is 0 Å². The Labute approximate surface area is 181 Å². The number of hydrogen-bond acceptors (Lipinski definition) is 3. The van der Waals surface area contributed by atoms with Crippen molar-refractivity contribution in [1.82, 2.24) is 0 Å². The molecule has 0 amide bonds. The first-order valence-corrected chi connectivity index (χ1v) is 9.92. The molecular weight excluding hydrogens is 368 g/mol. The van der Waals surface area contributed by atoms with E-state index in [0.717, 1.165) is 24.1 Å². The third-order valence-electron chi connectivity index (χ3n) is 3.84. The molecule has 0 fully saturated rings. The molecule has 3 heteroatoms. The summed E-state index contributed by atoms with van der Waals surface area (Å²) in [5.41, 5.74) is 3.65. The minimum Gasteiger partial charge on any atom is -0.440 e. The van der Waals surface area contributed by atoms with Crippen LogP contribution >= 0.6 is 0 Å². The molecule has 0 aromatic carbocycles. The van der Waals surface area contributed by atoms with Crippen molar-refractivity contribution >= 4 is 11.4 Å². The first-order valence-electron chi connectivity index (χ1n) is 9.92. The van der Waals surface area contributed by atoms with Gasteiger partial charge in [-0.15, -0.1) is 0 Å². The largest absolute Gasteiger partial charge is 0.440 e. The Bertz CT molecular complexity index is 913. The minimum absolute atomic E-state index is 0.269. The van der Waals surface area contributed by atoms with E-state index in [1.165, 1.54) is 0 Å². The van der Waals surface area contributed by atoms with Crippen molar-refractivity contribution in [3.05, 3.63) is 122 Å². The predicted octanol–water partition coefficient (Wildman–Crippen LogP) is 7.50. The van der Waals surface area contributed by atoms with Gasteiger partial charge in [-0.25, -0.2) is 9.98 Å². The van der Waals surface area contributed by atoms with Gasteiger partial charge in [0.1, 0.15) is 5.76 Å². The predicted molar refractivity (Wildman–Crippen MR) is 133 cm³/mol. The zero-order valence-corrected chi connectivity index (χ0v) is 18.4. The van der Waals surface area contributed by atoms with E-state index in [4.69, 9.17) is 4.74 Å². The SMILES string of the molecule is C=C(/C=C\C)\C=C/C(=N\C(=C)/C=C\C)C1=C/C=C\CC/C=C\C(C)=N/C(=C)OC\1=C. The fourth-order valence-electron chi connectivity index (χ4n) is 2.51. The quantitative estimate of drug-likeness (QED) is 0.336. The van der Waals surface area contributed by atoms with Gasteiger partial charge in [0, 0.05) is 11.3 Å². The van der Waals surface area contributed by atoms with Crippen LogP contribution in [0.1, 0.15) is 33.6 Å². The molecule has 0 aromatic rings. The second-order valence-corrected chi connectivity index (χ2v) is 6.56. The highest BCUT2D eigenvalue weighted by Gasteiger charge is 2.12. The van der Waals surface area contributed by atoms with E-state index in [-0.39, 0.29) is 5.88 Å². The highest BCUT2D eigenvalue weighted by Crippen LogP contribution is 2.19. The topological polar surface area (TPSA) is 34.0 Å². The van der Waals surface area contributed by atoms with Crippen LogP contribution in [0.15, 0.2) is 132 Å². The van der Waals surface area contributed by atoms with Crippen LogP contribution in [0.3, 0.4) is 0 Å². The molecule has 3 nitrogen and oxygen atoms in total. The third-order valence-corrected chi connectivity index (χ3v) is 3.84. The molecule has 1 aliphatic rings. The maximum atomic E-state index is 5.81. The van der Waals surface area contributed by atoms with Gasteiger partial charge < -0.3 is 4.74 Å². The summed E-state index contributed by atoms with van der Waals surface area (Å²) in [6.07, 6.45) is 23.2. The molecule has 0 unspecified atom stereocenters. The lowest BCUT2D eigenvalue weighted by molar-refractivity contribution is 0.318. The molecule has 0 saturated heterocycles. The molecule has 0 atom stereocenters. The number of ether oxygens (including phenoxy) is 1. The number of aliphatic imine (C=N–C) groups is 2. The Morgan fingerprint density at radius 1 is 1.03 bits per heavy atom. The molecule has 0 bridgehead atoms. The van der Waals surface area contributed by atoms with Crippen molar-refractivity contribution in [3.8, 4) is 0 Å². The molecule has 30 heavy (non-hydrogen) atoms. The lowest BCUT2D eigenvalue weighted by atomic mass is 10.1. The summed E-state index contributed by atoms with van der Waals surface area (Å²) < 4.78 is 5.81. The maximum Gasteiger partial charge on any atom is 0.212 e. The molecule has 0 saturated carbocycles. The lowest BCUT2D eigenvalue weighted by Gasteiger charge is -2.13. The Morgan fingerprint density at radius 3 is 2.43 bits per heavy atom. The minimum atomic E-state index is 0.269. The standard InChI is InChI=1S/C27H32N2O/c1-8-15-21(3)19-20-27(29-22(4)16-9-2)26-18-14-12-10-11-13-17-23(5)28-25(7)30-24(26)6/h8-9,12-20H,3-4,6-7,10-11H2,1-2,5H3/b14-12-,15-8-,16-9-,17-13-,20-19-,26-18+,28-23-,29-27+. The zero-order chi connectivity index (χ0) is 22.4. The summed E-state index contributed by atoms with van der Waals surface area (Å²) in [6.45, 7) is 21.8. The first kappa shape index (κ1) is 24.6. The summed E-state index contributed by atoms with van der Waals surface area (Å²) >= 11 is 0. The molecular formula is C27H32N2O. The number of rotatable bonds is 6. The Kier molecular flexibility index (Phi) is 11.2. The summed E-state index contributed by atoms with van der Waals surface area (Å²) in [5, 5.41) is 0. The van der Waals surface area contributed by atoms with Crippen LogP contribution in [0.5, 0.6) is 0 Å². The smallest absolute Gasteiger partial charge is 0.212 e. The molecule has 0 radical (unpaired) electrons. The van der Waals surface area contributed by atoms with Crippen LogP contribution in [0.25, 0.3) is 0 Å². The summed E-state index contributed by atoms with van der Waals surface area (Å²) in [4.78, 5) is 9.03. The summed E-state index contributed by atoms with van der Waals surface area (Å²) in [6, 6.07) is 0. The van der Waals surface area contributed by atoms with Gasteiger partial charge in [-0.1, -0.05) is 62.3 Å². The van der Waals surface area contributed by atoms with E-state index in [9.17, 15) is 0 Å². The van der Waals surface area contributed by atoms with Crippen LogP contribution < -0.4 is 0 Å². The summed E-state index contributed by atoms with van der Waals surface area (Å²) in [7, 11) is 0. The molecule has 0 spiro atoms. The fraction of sp³-hybridized carbons (Fsp3) is 0.185. The average Bonchev–Trinajstić information content (AvgIpc) is 2.68. The molecule has 1 rings (SSSR count). The van der Waals surface area contributed by atoms with Crippen molar-refractivity contribution in [2.24, 2.45) is 9.98 Å². The van der Waals surface area contributed by atoms with E-state index >= 15 is 0 Å². The van der Waals surface area contributed by atoms with Crippen molar-refractivity contribution in [2.75, 3.05) is 0 Å². The average molecular weight is 401 g/mol. The molecule has 0 N–H and O–H groups in total. The van der Waals surface area contributed by atoms with Crippen LogP contribution in [-0.4, -0.2) is 11.4 Å². The van der Waals surface area contributed by atoms with Gasteiger partial charge in [-0.2, -0.15) is 0 Å². The van der Waals surface area contributed by atoms with Crippen LogP contribution in [0, 0.1) is 0 Å². The van der Waals surface area contributed by atoms with Gasteiger partial charge in [0.25, 0.3) is 0 Å². The molecule has 0 aliphatic carbocycles. The lowest BCUT2D eigenvalue weighted by Crippen LogP contribution is -2.06. The highest BCUT2D eigenvalue weighted by atomic mass is 16.5. The van der Waals surface area contributed by atoms with Crippen LogP contribution in [0.4, 0.5) is 0 Å². The Hall–Kier alpha value is -3.46. The van der Waals surface area contributed by atoms with E-state index in [2.05, 4.69) is 48.5 Å². The fourth-order valence-corrected chi connectivity index (χ4v) is 2.51. The summed E-state index contributed by atoms with van der Waals surface area (Å²) in [5.74, 6) is 0.669. The van der Waals surface area contributed by atoms with Gasteiger partial charge in [0.2, 0.25) is 5.88 Å². The van der Waals surface area contributed by atoms with Crippen molar-refractivity contribution < 1.29 is 4.74 Å². The zero-order valence-electron chi connectivity index (χ0n) is 18.4. The molecule has 1 aliphatic heterocycles. The third kappa shape index (κ3) is 9.65.